The zero-order valence-electron chi connectivity index (χ0n) is 41.0. The van der Waals surface area contributed by atoms with Crippen LogP contribution in [0, 0.1) is 0 Å². The van der Waals surface area contributed by atoms with Crippen LogP contribution in [-0.2, 0) is 14.3 Å². The smallest absolute Gasteiger partial charge is 0.306 e. The number of unbranched alkanes of at least 4 members (excludes halogenated alkanes) is 28. The second-order valence-electron chi connectivity index (χ2n) is 18.0. The molecule has 3 atom stereocenters. The molecule has 6 nitrogen and oxygen atoms in total. The third-order valence-electron chi connectivity index (χ3n) is 11.9. The van der Waals surface area contributed by atoms with Gasteiger partial charge in [-0.05, 0) is 64.2 Å². The lowest BCUT2D eigenvalue weighted by Crippen LogP contribution is -2.46. The van der Waals surface area contributed by atoms with E-state index in [1.54, 1.807) is 0 Å². The van der Waals surface area contributed by atoms with Crippen LogP contribution in [0.5, 0.6) is 0 Å². The van der Waals surface area contributed by atoms with Gasteiger partial charge < -0.3 is 20.3 Å². The van der Waals surface area contributed by atoms with E-state index in [0.717, 1.165) is 70.6 Å². The quantitative estimate of drug-likeness (QED) is 0.0322. The Hall–Kier alpha value is -2.44. The van der Waals surface area contributed by atoms with E-state index in [-0.39, 0.29) is 24.9 Å². The summed E-state index contributed by atoms with van der Waals surface area (Å²) < 4.78 is 5.91. The van der Waals surface area contributed by atoms with Crippen molar-refractivity contribution in [1.29, 1.82) is 0 Å². The summed E-state index contributed by atoms with van der Waals surface area (Å²) in [5, 5.41) is 23.8. The largest absolute Gasteiger partial charge is 0.462 e. The predicted octanol–water partition coefficient (Wildman–Crippen LogP) is 16.0. The summed E-state index contributed by atoms with van der Waals surface area (Å²) in [6, 6.07) is -0.719. The summed E-state index contributed by atoms with van der Waals surface area (Å²) in [4.78, 5) is 26.2. The number of carbonyl (C=O) groups is 2. The van der Waals surface area contributed by atoms with Crippen molar-refractivity contribution in [3.05, 3.63) is 60.8 Å². The first-order valence-electron chi connectivity index (χ1n) is 26.6. The number of rotatable bonds is 47. The van der Waals surface area contributed by atoms with Gasteiger partial charge >= 0.3 is 5.97 Å². The van der Waals surface area contributed by atoms with Crippen LogP contribution >= 0.6 is 0 Å². The number of ether oxygens (including phenoxy) is 1. The Morgan fingerprint density at radius 1 is 0.484 bits per heavy atom. The Morgan fingerprint density at radius 3 is 1.35 bits per heavy atom. The molecule has 0 aromatic rings. The minimum Gasteiger partial charge on any atom is -0.462 e. The average Bonchev–Trinajstić information content (AvgIpc) is 3.26. The molecule has 3 N–H and O–H groups in total. The highest BCUT2D eigenvalue weighted by Gasteiger charge is 2.24. The third-order valence-corrected chi connectivity index (χ3v) is 11.9. The second-order valence-corrected chi connectivity index (χ2v) is 18.0. The number of amides is 1. The standard InChI is InChI=1S/C56H101NO5/c1-4-7-10-13-16-19-22-25-28-31-34-37-40-43-46-49-56(61)62-52(47-44-41-38-35-32-29-26-23-20-17-14-11-8-5-2)50-55(60)57-53(51-58)54(59)48-45-42-39-36-33-30-27-24-21-18-15-12-9-6-3/h7,10,13,16,19,22,29,32,35,38,52-54,58-59H,4-6,8-9,11-12,14-15,17-18,20-21,23-28,30-31,33-34,36-37,39-51H2,1-3H3,(H,57,60)/b10-7+,16-13+,22-19+,32-29+,38-35+. The highest BCUT2D eigenvalue weighted by atomic mass is 16.5. The molecule has 1 amide bonds. The maximum atomic E-state index is 13.2. The van der Waals surface area contributed by atoms with Crippen LogP contribution in [0.3, 0.4) is 0 Å². The van der Waals surface area contributed by atoms with E-state index in [9.17, 15) is 19.8 Å². The predicted molar refractivity (Wildman–Crippen MR) is 268 cm³/mol. The van der Waals surface area contributed by atoms with Crippen LogP contribution in [-0.4, -0.2) is 46.9 Å². The van der Waals surface area contributed by atoms with E-state index >= 15 is 0 Å². The number of allylic oxidation sites excluding steroid dienone is 10. The first kappa shape index (κ1) is 59.6. The van der Waals surface area contributed by atoms with E-state index in [1.807, 2.05) is 0 Å². The van der Waals surface area contributed by atoms with Gasteiger partial charge in [-0.2, -0.15) is 0 Å². The second kappa shape index (κ2) is 49.6. The molecule has 0 aromatic carbocycles. The minimum atomic E-state index is -0.802. The molecule has 0 radical (unpaired) electrons. The number of carbonyl (C=O) groups excluding carboxylic acids is 2. The molecule has 0 aliphatic rings. The van der Waals surface area contributed by atoms with Crippen LogP contribution in [0.25, 0.3) is 0 Å². The van der Waals surface area contributed by atoms with Crippen LogP contribution in [0.15, 0.2) is 60.8 Å². The van der Waals surface area contributed by atoms with Crippen LogP contribution < -0.4 is 5.32 Å². The fourth-order valence-corrected chi connectivity index (χ4v) is 7.90. The Balaban J connectivity index is 4.64. The molecule has 0 rings (SSSR count). The van der Waals surface area contributed by atoms with E-state index < -0.39 is 18.2 Å². The summed E-state index contributed by atoms with van der Waals surface area (Å²) in [6.07, 6.45) is 61.4. The SMILES string of the molecule is CC/C=C/C=C/C=C/CCCCCCCCCC(=O)OC(CCC/C=C/C=C/CCCCCCCCC)CC(=O)NC(CO)C(O)CCCCCCCCCCCCCCCC. The summed E-state index contributed by atoms with van der Waals surface area (Å²) in [5.74, 6) is -0.531. The number of aliphatic hydroxyl groups is 2. The van der Waals surface area contributed by atoms with Gasteiger partial charge in [-0.25, -0.2) is 0 Å². The molecular weight excluding hydrogens is 767 g/mol. The molecule has 0 aliphatic heterocycles. The number of hydrogen-bond acceptors (Lipinski definition) is 5. The molecule has 0 fully saturated rings. The van der Waals surface area contributed by atoms with Crippen molar-refractivity contribution >= 4 is 11.9 Å². The minimum absolute atomic E-state index is 0.0389. The Morgan fingerprint density at radius 2 is 0.887 bits per heavy atom. The maximum Gasteiger partial charge on any atom is 0.306 e. The number of esters is 1. The molecule has 0 heterocycles. The molecule has 0 saturated heterocycles. The molecule has 0 bridgehead atoms. The van der Waals surface area contributed by atoms with E-state index in [2.05, 4.69) is 86.8 Å². The molecular formula is C56H101NO5. The van der Waals surface area contributed by atoms with Crippen molar-refractivity contribution < 1.29 is 24.5 Å². The molecule has 62 heavy (non-hydrogen) atoms. The van der Waals surface area contributed by atoms with Crippen LogP contribution in [0.1, 0.15) is 258 Å². The van der Waals surface area contributed by atoms with E-state index in [0.29, 0.717) is 19.3 Å². The monoisotopic (exact) mass is 868 g/mol. The highest BCUT2D eigenvalue weighted by molar-refractivity contribution is 5.77. The first-order chi connectivity index (χ1) is 30.5. The van der Waals surface area contributed by atoms with Gasteiger partial charge in [0.05, 0.1) is 25.2 Å². The molecule has 0 aliphatic carbocycles. The summed E-state index contributed by atoms with van der Waals surface area (Å²) in [6.45, 7) is 6.34. The van der Waals surface area contributed by atoms with E-state index in [4.69, 9.17) is 4.74 Å². The molecule has 0 aromatic heterocycles. The molecule has 3 unspecified atom stereocenters. The van der Waals surface area contributed by atoms with Gasteiger partial charge in [0.2, 0.25) is 5.91 Å². The van der Waals surface area contributed by atoms with Gasteiger partial charge in [-0.3, -0.25) is 9.59 Å². The molecule has 6 heteroatoms. The molecule has 0 spiro atoms. The van der Waals surface area contributed by atoms with Crippen molar-refractivity contribution in [2.45, 2.75) is 277 Å². The lowest BCUT2D eigenvalue weighted by Gasteiger charge is -2.24. The number of aliphatic hydroxyl groups excluding tert-OH is 2. The lowest BCUT2D eigenvalue weighted by atomic mass is 10.0. The van der Waals surface area contributed by atoms with Crippen molar-refractivity contribution in [1.82, 2.24) is 5.32 Å². The Bertz CT molecular complexity index is 1110. The van der Waals surface area contributed by atoms with E-state index in [1.165, 1.54) is 141 Å². The zero-order chi connectivity index (χ0) is 45.2. The Kier molecular flexibility index (Phi) is 47.6. The van der Waals surface area contributed by atoms with Crippen LogP contribution in [0.4, 0.5) is 0 Å². The van der Waals surface area contributed by atoms with Crippen molar-refractivity contribution in [3.8, 4) is 0 Å². The summed E-state index contributed by atoms with van der Waals surface area (Å²) >= 11 is 0. The number of nitrogens with one attached hydrogen (secondary N) is 1. The van der Waals surface area contributed by atoms with Gasteiger partial charge in [-0.15, -0.1) is 0 Å². The summed E-state index contributed by atoms with van der Waals surface area (Å²) in [5.41, 5.74) is 0. The van der Waals surface area contributed by atoms with Gasteiger partial charge in [0.1, 0.15) is 6.10 Å². The van der Waals surface area contributed by atoms with Crippen molar-refractivity contribution in [2.75, 3.05) is 6.61 Å². The third kappa shape index (κ3) is 44.2. The van der Waals surface area contributed by atoms with Gasteiger partial charge in [0.15, 0.2) is 0 Å². The van der Waals surface area contributed by atoms with Gasteiger partial charge in [0, 0.05) is 6.42 Å². The molecule has 0 saturated carbocycles. The fourth-order valence-electron chi connectivity index (χ4n) is 7.90. The van der Waals surface area contributed by atoms with Gasteiger partial charge in [0.25, 0.3) is 0 Å². The first-order valence-corrected chi connectivity index (χ1v) is 26.6. The average molecular weight is 868 g/mol. The molecule has 360 valence electrons. The lowest BCUT2D eigenvalue weighted by molar-refractivity contribution is -0.151. The van der Waals surface area contributed by atoms with Crippen LogP contribution in [0.2, 0.25) is 0 Å². The topological polar surface area (TPSA) is 95.9 Å². The summed E-state index contributed by atoms with van der Waals surface area (Å²) in [7, 11) is 0. The normalized spacial score (nSPS) is 13.7. The fraction of sp³-hybridized carbons (Fsp3) is 0.786. The number of hydrogen-bond donors (Lipinski definition) is 3. The van der Waals surface area contributed by atoms with Crippen molar-refractivity contribution in [2.24, 2.45) is 0 Å². The maximum absolute atomic E-state index is 13.2. The van der Waals surface area contributed by atoms with Gasteiger partial charge in [-0.1, -0.05) is 242 Å². The Labute approximate surface area is 384 Å². The van der Waals surface area contributed by atoms with Crippen molar-refractivity contribution in [3.63, 3.8) is 0 Å². The highest BCUT2D eigenvalue weighted by Crippen LogP contribution is 2.17. The zero-order valence-corrected chi connectivity index (χ0v) is 41.0.